The fraction of sp³-hybridized carbons (Fsp3) is 0.333. The minimum Gasteiger partial charge on any atom is -0.371 e. The summed E-state index contributed by atoms with van der Waals surface area (Å²) in [6, 6.07) is 10.6. The second-order valence-electron chi connectivity index (χ2n) is 7.17. The van der Waals surface area contributed by atoms with Crippen molar-refractivity contribution in [2.24, 2.45) is 0 Å². The van der Waals surface area contributed by atoms with Crippen LogP contribution in [0, 0.1) is 0 Å². The summed E-state index contributed by atoms with van der Waals surface area (Å²) >= 11 is 0. The zero-order valence-corrected chi connectivity index (χ0v) is 15.0. The van der Waals surface area contributed by atoms with Gasteiger partial charge in [0.2, 0.25) is 0 Å². The topological polar surface area (TPSA) is 58.0 Å². The number of nitrogens with one attached hydrogen (secondary N) is 2. The van der Waals surface area contributed by atoms with Gasteiger partial charge in [-0.25, -0.2) is 9.97 Å². The molecule has 26 heavy (non-hydrogen) atoms. The second-order valence-corrected chi connectivity index (χ2v) is 7.17. The normalized spacial score (nSPS) is 15.7. The van der Waals surface area contributed by atoms with Crippen LogP contribution in [0.5, 0.6) is 0 Å². The Morgan fingerprint density at radius 3 is 2.81 bits per heavy atom. The van der Waals surface area contributed by atoms with Crippen LogP contribution in [0.15, 0.2) is 42.7 Å². The van der Waals surface area contributed by atoms with E-state index < -0.39 is 0 Å². The van der Waals surface area contributed by atoms with Gasteiger partial charge >= 0.3 is 0 Å². The summed E-state index contributed by atoms with van der Waals surface area (Å²) in [6.45, 7) is 0. The van der Waals surface area contributed by atoms with Gasteiger partial charge in [0, 0.05) is 36.3 Å². The molecule has 5 nitrogen and oxygen atoms in total. The molecule has 0 spiro atoms. The first-order valence-electron chi connectivity index (χ1n) is 9.48. The molecule has 0 bridgehead atoms. The number of rotatable bonds is 3. The lowest BCUT2D eigenvalue weighted by atomic mass is 9.89. The van der Waals surface area contributed by atoms with Crippen molar-refractivity contribution in [1.29, 1.82) is 0 Å². The smallest absolute Gasteiger partial charge is 0.152 e. The van der Waals surface area contributed by atoms with Crippen molar-refractivity contribution in [3.05, 3.63) is 48.5 Å². The molecule has 1 aliphatic carbocycles. The maximum atomic E-state index is 5.14. The highest BCUT2D eigenvalue weighted by Gasteiger charge is 2.24. The zero-order valence-electron chi connectivity index (χ0n) is 15.0. The standard InChI is InChI=1S/C21H23N5/c1-22-20-19-18(17-13-15-9-5-6-10-16(15)24-17)25-21(26(19)12-11-23-20)14-7-3-2-4-8-14/h5-6,9-14,24H,2-4,7-8H2,1H3,(H,22,23). The molecule has 3 aromatic heterocycles. The van der Waals surface area contributed by atoms with E-state index in [0.29, 0.717) is 5.92 Å². The number of anilines is 1. The van der Waals surface area contributed by atoms with Gasteiger partial charge in [-0.3, -0.25) is 4.40 Å². The van der Waals surface area contributed by atoms with Gasteiger partial charge in [-0.05, 0) is 25.0 Å². The van der Waals surface area contributed by atoms with Gasteiger partial charge < -0.3 is 10.3 Å². The molecule has 0 aliphatic heterocycles. The Balaban J connectivity index is 1.75. The fourth-order valence-electron chi connectivity index (χ4n) is 4.28. The average molecular weight is 345 g/mol. The predicted octanol–water partition coefficient (Wildman–Crippen LogP) is 4.97. The Morgan fingerprint density at radius 2 is 2.00 bits per heavy atom. The van der Waals surface area contributed by atoms with Gasteiger partial charge in [-0.15, -0.1) is 0 Å². The molecule has 2 N–H and O–H groups in total. The van der Waals surface area contributed by atoms with E-state index in [-0.39, 0.29) is 0 Å². The van der Waals surface area contributed by atoms with Crippen molar-refractivity contribution < 1.29 is 0 Å². The van der Waals surface area contributed by atoms with Crippen LogP contribution in [0.2, 0.25) is 0 Å². The lowest BCUT2D eigenvalue weighted by Gasteiger charge is -2.20. The summed E-state index contributed by atoms with van der Waals surface area (Å²) in [5.74, 6) is 2.57. The van der Waals surface area contributed by atoms with Crippen LogP contribution in [0.3, 0.4) is 0 Å². The molecular weight excluding hydrogens is 322 g/mol. The molecule has 1 aliphatic rings. The first-order valence-corrected chi connectivity index (χ1v) is 9.48. The highest BCUT2D eigenvalue weighted by Crippen LogP contribution is 2.37. The minimum absolute atomic E-state index is 0.529. The monoisotopic (exact) mass is 345 g/mol. The summed E-state index contributed by atoms with van der Waals surface area (Å²) in [5.41, 5.74) is 4.23. The van der Waals surface area contributed by atoms with Crippen LogP contribution in [0.1, 0.15) is 43.8 Å². The maximum Gasteiger partial charge on any atom is 0.152 e. The molecule has 1 aromatic carbocycles. The third-order valence-corrected chi connectivity index (χ3v) is 5.57. The number of benzene rings is 1. The number of nitrogens with zero attached hydrogens (tertiary/aromatic N) is 3. The van der Waals surface area contributed by atoms with Gasteiger partial charge in [-0.1, -0.05) is 37.5 Å². The van der Waals surface area contributed by atoms with Gasteiger partial charge in [0.1, 0.15) is 17.0 Å². The molecule has 1 fully saturated rings. The van der Waals surface area contributed by atoms with E-state index in [1.807, 2.05) is 13.2 Å². The van der Waals surface area contributed by atoms with Crippen LogP contribution in [-0.2, 0) is 0 Å². The van der Waals surface area contributed by atoms with Crippen LogP contribution >= 0.6 is 0 Å². The van der Waals surface area contributed by atoms with Crippen LogP contribution in [0.4, 0.5) is 5.82 Å². The number of H-pyrrole nitrogens is 1. The van der Waals surface area contributed by atoms with Gasteiger partial charge in [0.15, 0.2) is 5.82 Å². The highest BCUT2D eigenvalue weighted by molar-refractivity contribution is 5.91. The average Bonchev–Trinajstić information content (AvgIpc) is 3.30. The first-order chi connectivity index (χ1) is 12.8. The van der Waals surface area contributed by atoms with Crippen molar-refractivity contribution in [3.8, 4) is 11.4 Å². The Bertz CT molecular complexity index is 1040. The number of imidazole rings is 1. The van der Waals surface area contributed by atoms with Gasteiger partial charge in [0.05, 0.1) is 5.69 Å². The SMILES string of the molecule is CNc1nccn2c(C3CCCCC3)nc(-c3cc4ccccc4[nH]3)c12. The Kier molecular flexibility index (Phi) is 3.66. The zero-order chi connectivity index (χ0) is 17.5. The number of hydrogen-bond acceptors (Lipinski definition) is 3. The molecule has 0 atom stereocenters. The van der Waals surface area contributed by atoms with Crippen LogP contribution in [0.25, 0.3) is 27.8 Å². The molecule has 132 valence electrons. The molecule has 5 rings (SSSR count). The molecule has 0 saturated heterocycles. The Labute approximate surface area is 152 Å². The predicted molar refractivity (Wildman–Crippen MR) is 106 cm³/mol. The number of para-hydroxylation sites is 1. The fourth-order valence-corrected chi connectivity index (χ4v) is 4.28. The van der Waals surface area contributed by atoms with E-state index in [1.165, 1.54) is 43.3 Å². The molecule has 1 saturated carbocycles. The van der Waals surface area contributed by atoms with E-state index in [4.69, 9.17) is 4.98 Å². The number of fused-ring (bicyclic) bond motifs is 2. The van der Waals surface area contributed by atoms with E-state index in [2.05, 4.69) is 56.2 Å². The van der Waals surface area contributed by atoms with Crippen molar-refractivity contribution in [2.75, 3.05) is 12.4 Å². The van der Waals surface area contributed by atoms with Crippen molar-refractivity contribution in [3.63, 3.8) is 0 Å². The first kappa shape index (κ1) is 15.4. The molecular formula is C21H23N5. The number of aromatic nitrogens is 4. The minimum atomic E-state index is 0.529. The van der Waals surface area contributed by atoms with Crippen molar-refractivity contribution in [2.45, 2.75) is 38.0 Å². The van der Waals surface area contributed by atoms with Gasteiger partial charge in [-0.2, -0.15) is 0 Å². The maximum absolute atomic E-state index is 5.14. The summed E-state index contributed by atoms with van der Waals surface area (Å²) in [5, 5.41) is 4.45. The Hall–Kier alpha value is -2.82. The van der Waals surface area contributed by atoms with Crippen molar-refractivity contribution >= 4 is 22.2 Å². The second kappa shape index (κ2) is 6.16. The van der Waals surface area contributed by atoms with Crippen LogP contribution in [-0.4, -0.2) is 26.4 Å². The van der Waals surface area contributed by atoms with E-state index in [9.17, 15) is 0 Å². The molecule has 0 radical (unpaired) electrons. The lowest BCUT2D eigenvalue weighted by molar-refractivity contribution is 0.428. The lowest BCUT2D eigenvalue weighted by Crippen LogP contribution is -2.09. The summed E-state index contributed by atoms with van der Waals surface area (Å²) in [4.78, 5) is 13.2. The molecule has 0 unspecified atom stereocenters. The third kappa shape index (κ3) is 2.38. The Morgan fingerprint density at radius 1 is 1.15 bits per heavy atom. The summed E-state index contributed by atoms with van der Waals surface area (Å²) < 4.78 is 2.25. The van der Waals surface area contributed by atoms with Crippen molar-refractivity contribution in [1.82, 2.24) is 19.4 Å². The van der Waals surface area contributed by atoms with E-state index >= 15 is 0 Å². The quantitative estimate of drug-likeness (QED) is 0.551. The van der Waals surface area contributed by atoms with Crippen LogP contribution < -0.4 is 5.32 Å². The molecule has 5 heteroatoms. The highest BCUT2D eigenvalue weighted by atomic mass is 15.1. The van der Waals surface area contributed by atoms with E-state index in [1.54, 1.807) is 0 Å². The van der Waals surface area contributed by atoms with E-state index in [0.717, 1.165) is 28.2 Å². The third-order valence-electron chi connectivity index (χ3n) is 5.57. The summed E-state index contributed by atoms with van der Waals surface area (Å²) in [6.07, 6.45) is 10.3. The molecule has 4 aromatic rings. The molecule has 3 heterocycles. The largest absolute Gasteiger partial charge is 0.371 e. The number of hydrogen-bond donors (Lipinski definition) is 2. The summed E-state index contributed by atoms with van der Waals surface area (Å²) in [7, 11) is 1.92. The molecule has 0 amide bonds. The van der Waals surface area contributed by atoms with Gasteiger partial charge in [0.25, 0.3) is 0 Å². The number of aromatic amines is 1.